The maximum absolute atomic E-state index is 13.9. The third-order valence-electron chi connectivity index (χ3n) is 7.77. The highest BCUT2D eigenvalue weighted by Crippen LogP contribution is 2.33. The Morgan fingerprint density at radius 3 is 2.49 bits per heavy atom. The molecule has 3 aromatic rings. The van der Waals surface area contributed by atoms with Crippen molar-refractivity contribution in [3.63, 3.8) is 0 Å². The van der Waals surface area contributed by atoms with Crippen LogP contribution in [0.5, 0.6) is 0 Å². The summed E-state index contributed by atoms with van der Waals surface area (Å²) >= 11 is 1.57. The number of anilines is 1. The molecule has 210 valence electrons. The minimum absolute atomic E-state index is 0.0548. The summed E-state index contributed by atoms with van der Waals surface area (Å²) < 4.78 is 34.5. The molecule has 2 fully saturated rings. The van der Waals surface area contributed by atoms with Crippen LogP contribution in [-0.4, -0.2) is 81.0 Å². The highest BCUT2D eigenvalue weighted by atomic mass is 32.2. The Hall–Kier alpha value is -2.37. The molecule has 3 heterocycles. The van der Waals surface area contributed by atoms with Crippen LogP contribution in [-0.2, 0) is 26.0 Å². The minimum atomic E-state index is -3.57. The monoisotopic (exact) mass is 570 g/mol. The number of morpholine rings is 1. The molecule has 1 aromatic heterocycles. The van der Waals surface area contributed by atoms with Crippen LogP contribution in [0.3, 0.4) is 0 Å². The number of carbonyl (C=O) groups is 1. The van der Waals surface area contributed by atoms with Crippen molar-refractivity contribution in [2.24, 2.45) is 5.92 Å². The number of nitrogens with zero attached hydrogens (tertiary/aromatic N) is 4. The van der Waals surface area contributed by atoms with Crippen LogP contribution < -0.4 is 4.90 Å². The number of aromatic nitrogens is 1. The van der Waals surface area contributed by atoms with Crippen LogP contribution in [0.15, 0.2) is 47.4 Å². The number of benzene rings is 2. The first-order valence-corrected chi connectivity index (χ1v) is 16.2. The average molecular weight is 571 g/mol. The van der Waals surface area contributed by atoms with Gasteiger partial charge in [-0.2, -0.15) is 4.31 Å². The molecule has 0 saturated carbocycles. The number of rotatable bonds is 9. The summed E-state index contributed by atoms with van der Waals surface area (Å²) in [6.07, 6.45) is 2.82. The van der Waals surface area contributed by atoms with E-state index in [-0.39, 0.29) is 11.8 Å². The van der Waals surface area contributed by atoms with Crippen LogP contribution in [0.25, 0.3) is 10.2 Å². The van der Waals surface area contributed by atoms with E-state index in [4.69, 9.17) is 9.72 Å². The highest BCUT2D eigenvalue weighted by molar-refractivity contribution is 7.89. The van der Waals surface area contributed by atoms with Gasteiger partial charge in [-0.3, -0.25) is 14.6 Å². The first kappa shape index (κ1) is 28.2. The molecule has 8 nitrogen and oxygen atoms in total. The zero-order valence-electron chi connectivity index (χ0n) is 22.8. The Morgan fingerprint density at radius 2 is 1.79 bits per heavy atom. The summed E-state index contributed by atoms with van der Waals surface area (Å²) in [5.41, 5.74) is 3.19. The largest absolute Gasteiger partial charge is 0.379 e. The van der Waals surface area contributed by atoms with E-state index in [0.29, 0.717) is 37.4 Å². The SMILES string of the molecule is CCc1ccc2nc(N(CCCN3CCOCC3)C(=O)C3CCN(S(=O)(=O)c4ccc(C)cc4)CC3)sc2c1. The second-order valence-corrected chi connectivity index (χ2v) is 13.4. The smallest absolute Gasteiger partial charge is 0.243 e. The van der Waals surface area contributed by atoms with Crippen molar-refractivity contribution in [3.8, 4) is 0 Å². The third-order valence-corrected chi connectivity index (χ3v) is 10.7. The molecule has 0 bridgehead atoms. The van der Waals surface area contributed by atoms with Gasteiger partial charge in [0, 0.05) is 45.2 Å². The van der Waals surface area contributed by atoms with E-state index in [2.05, 4.69) is 24.0 Å². The molecule has 5 rings (SSSR count). The van der Waals surface area contributed by atoms with Crippen molar-refractivity contribution in [1.29, 1.82) is 0 Å². The molecule has 39 heavy (non-hydrogen) atoms. The number of hydrogen-bond donors (Lipinski definition) is 0. The van der Waals surface area contributed by atoms with Gasteiger partial charge in [-0.25, -0.2) is 13.4 Å². The van der Waals surface area contributed by atoms with Crippen LogP contribution in [0, 0.1) is 12.8 Å². The molecule has 0 unspecified atom stereocenters. The fraction of sp³-hybridized carbons (Fsp3) is 0.517. The van der Waals surface area contributed by atoms with E-state index >= 15 is 0 Å². The predicted octanol–water partition coefficient (Wildman–Crippen LogP) is 4.32. The maximum atomic E-state index is 13.9. The highest BCUT2D eigenvalue weighted by Gasteiger charge is 2.35. The lowest BCUT2D eigenvalue weighted by molar-refractivity contribution is -0.123. The van der Waals surface area contributed by atoms with E-state index in [1.54, 1.807) is 23.5 Å². The van der Waals surface area contributed by atoms with Crippen LogP contribution in [0.4, 0.5) is 5.13 Å². The molecule has 0 aliphatic carbocycles. The molecule has 0 atom stereocenters. The molecule has 0 spiro atoms. The van der Waals surface area contributed by atoms with Gasteiger partial charge in [-0.1, -0.05) is 42.0 Å². The lowest BCUT2D eigenvalue weighted by Crippen LogP contribution is -2.45. The van der Waals surface area contributed by atoms with Gasteiger partial charge < -0.3 is 4.74 Å². The van der Waals surface area contributed by atoms with E-state index in [9.17, 15) is 13.2 Å². The molecule has 2 saturated heterocycles. The van der Waals surface area contributed by atoms with Crippen LogP contribution >= 0.6 is 11.3 Å². The van der Waals surface area contributed by atoms with Crippen molar-refractivity contribution in [3.05, 3.63) is 53.6 Å². The van der Waals surface area contributed by atoms with E-state index in [1.807, 2.05) is 30.0 Å². The number of carbonyl (C=O) groups excluding carboxylic acids is 1. The fourth-order valence-electron chi connectivity index (χ4n) is 5.29. The molecular formula is C29H38N4O4S2. The Balaban J connectivity index is 1.30. The van der Waals surface area contributed by atoms with Gasteiger partial charge in [0.15, 0.2) is 5.13 Å². The van der Waals surface area contributed by atoms with Gasteiger partial charge in [-0.15, -0.1) is 0 Å². The Kier molecular flexibility index (Phi) is 8.98. The van der Waals surface area contributed by atoms with E-state index < -0.39 is 10.0 Å². The molecule has 2 aromatic carbocycles. The first-order chi connectivity index (χ1) is 18.8. The fourth-order valence-corrected chi connectivity index (χ4v) is 7.82. The van der Waals surface area contributed by atoms with Gasteiger partial charge in [0.25, 0.3) is 0 Å². The summed E-state index contributed by atoms with van der Waals surface area (Å²) in [5.74, 6) is -0.171. The van der Waals surface area contributed by atoms with Crippen LogP contribution in [0.1, 0.15) is 37.3 Å². The van der Waals surface area contributed by atoms with Gasteiger partial charge in [0.1, 0.15) is 0 Å². The number of hydrogen-bond acceptors (Lipinski definition) is 7. The van der Waals surface area contributed by atoms with Crippen LogP contribution in [0.2, 0.25) is 0 Å². The summed E-state index contributed by atoms with van der Waals surface area (Å²) in [4.78, 5) is 23.3. The number of aryl methyl sites for hydroxylation is 2. The number of amides is 1. The Morgan fingerprint density at radius 1 is 1.08 bits per heavy atom. The van der Waals surface area contributed by atoms with Crippen molar-refractivity contribution in [1.82, 2.24) is 14.2 Å². The number of fused-ring (bicyclic) bond motifs is 1. The van der Waals surface area contributed by atoms with Crippen molar-refractivity contribution in [2.45, 2.75) is 44.4 Å². The zero-order chi connectivity index (χ0) is 27.4. The number of piperidine rings is 1. The van der Waals surface area contributed by atoms with Crippen molar-refractivity contribution >= 4 is 42.6 Å². The molecule has 10 heteroatoms. The molecule has 2 aliphatic heterocycles. The number of ether oxygens (including phenoxy) is 1. The second kappa shape index (κ2) is 12.4. The molecule has 1 amide bonds. The Bertz CT molecular complexity index is 1380. The normalized spacial score (nSPS) is 18.0. The predicted molar refractivity (Wildman–Crippen MR) is 156 cm³/mol. The van der Waals surface area contributed by atoms with E-state index in [1.165, 1.54) is 9.87 Å². The standard InChI is InChI=1S/C29H38N4O4S2/c1-3-23-7-10-26-27(21-23)38-29(30-26)33(14-4-13-31-17-19-37-20-18-31)28(34)24-11-15-32(16-12-24)39(35,36)25-8-5-22(2)6-9-25/h5-10,21,24H,3-4,11-20H2,1-2H3. The van der Waals surface area contributed by atoms with Crippen molar-refractivity contribution < 1.29 is 17.9 Å². The lowest BCUT2D eigenvalue weighted by atomic mass is 9.96. The van der Waals surface area contributed by atoms with Gasteiger partial charge in [0.2, 0.25) is 15.9 Å². The zero-order valence-corrected chi connectivity index (χ0v) is 24.5. The van der Waals surface area contributed by atoms with Gasteiger partial charge >= 0.3 is 0 Å². The molecule has 0 radical (unpaired) electrons. The van der Waals surface area contributed by atoms with Crippen molar-refractivity contribution in [2.75, 3.05) is 57.4 Å². The average Bonchev–Trinajstić information content (AvgIpc) is 3.39. The second-order valence-electron chi connectivity index (χ2n) is 10.4. The number of thiazole rings is 1. The molecule has 0 N–H and O–H groups in total. The van der Waals surface area contributed by atoms with E-state index in [0.717, 1.165) is 66.6 Å². The topological polar surface area (TPSA) is 83.1 Å². The van der Waals surface area contributed by atoms with Gasteiger partial charge in [-0.05, 0) is 62.4 Å². The maximum Gasteiger partial charge on any atom is 0.243 e. The summed E-state index contributed by atoms with van der Waals surface area (Å²) in [6, 6.07) is 13.3. The summed E-state index contributed by atoms with van der Waals surface area (Å²) in [5, 5.41) is 0.736. The Labute approximate surface area is 235 Å². The first-order valence-electron chi connectivity index (χ1n) is 13.9. The lowest BCUT2D eigenvalue weighted by Gasteiger charge is -2.33. The summed E-state index contributed by atoms with van der Waals surface area (Å²) in [6.45, 7) is 9.61. The number of sulfonamides is 1. The quantitative estimate of drug-likeness (QED) is 0.381. The van der Waals surface area contributed by atoms with Gasteiger partial charge in [0.05, 0.1) is 28.3 Å². The molecular weight excluding hydrogens is 532 g/mol. The minimum Gasteiger partial charge on any atom is -0.379 e. The molecule has 2 aliphatic rings. The summed E-state index contributed by atoms with van der Waals surface area (Å²) in [7, 11) is -3.57. The third kappa shape index (κ3) is 6.52.